The molecular weight excluding hydrogens is 420 g/mol. The van der Waals surface area contributed by atoms with E-state index in [-0.39, 0.29) is 11.9 Å². The molecule has 1 atom stereocenters. The predicted molar refractivity (Wildman–Crippen MR) is 128 cm³/mol. The molecule has 3 amide bonds. The largest absolute Gasteiger partial charge is 0.327 e. The summed E-state index contributed by atoms with van der Waals surface area (Å²) in [5.74, 6) is -0.130. The molecule has 2 heterocycles. The highest BCUT2D eigenvalue weighted by Gasteiger charge is 2.32. The third-order valence-corrected chi connectivity index (χ3v) is 6.29. The number of carbonyl (C=O) groups excluding carboxylic acids is 2. The van der Waals surface area contributed by atoms with E-state index in [1.807, 2.05) is 78.9 Å². The van der Waals surface area contributed by atoms with E-state index in [9.17, 15) is 9.59 Å². The highest BCUT2D eigenvalue weighted by Crippen LogP contribution is 2.41. The summed E-state index contributed by atoms with van der Waals surface area (Å²) in [7, 11) is 0. The number of nitrogens with one attached hydrogen (secondary N) is 3. The summed E-state index contributed by atoms with van der Waals surface area (Å²) < 4.78 is 1.08. The van der Waals surface area contributed by atoms with Crippen molar-refractivity contribution in [2.24, 2.45) is 0 Å². The molecule has 0 bridgehead atoms. The summed E-state index contributed by atoms with van der Waals surface area (Å²) in [5.41, 5.74) is 5.08. The van der Waals surface area contributed by atoms with Gasteiger partial charge in [-0.2, -0.15) is 0 Å². The number of hydrogen-bond donors (Lipinski definition) is 3. The van der Waals surface area contributed by atoms with Crippen LogP contribution in [0.3, 0.4) is 0 Å². The molecule has 0 saturated carbocycles. The summed E-state index contributed by atoms with van der Waals surface area (Å²) in [4.78, 5) is 28.9. The summed E-state index contributed by atoms with van der Waals surface area (Å²) in [6, 6.07) is 24.6. The van der Waals surface area contributed by atoms with Crippen LogP contribution in [0.15, 0.2) is 78.9 Å². The normalized spacial score (nSPS) is 15.9. The van der Waals surface area contributed by atoms with Crippen molar-refractivity contribution in [3.63, 3.8) is 0 Å². The molecule has 0 radical (unpaired) electrons. The van der Waals surface area contributed by atoms with Gasteiger partial charge in [-0.05, 0) is 35.4 Å². The lowest BCUT2D eigenvalue weighted by atomic mass is 9.93. The zero-order valence-electron chi connectivity index (χ0n) is 17.3. The number of amides is 3. The standard InChI is InChI=1S/C25H20N4O2S/c1-15(30)26-18-13-11-17(12-14-18)23-21(24-27-19-9-5-6-10-20(19)32-24)22(28-25(31)29-23)16-7-3-2-4-8-16/h2-14,23H,1H3,(H,26,30)(H2,28,29,31)/t23-/m1/s1. The summed E-state index contributed by atoms with van der Waals surface area (Å²) >= 11 is 1.60. The molecule has 1 aromatic heterocycles. The van der Waals surface area contributed by atoms with E-state index in [0.717, 1.165) is 37.6 Å². The number of nitrogens with zero attached hydrogens (tertiary/aromatic N) is 1. The molecule has 158 valence electrons. The van der Waals surface area contributed by atoms with E-state index in [1.165, 1.54) is 6.92 Å². The maximum Gasteiger partial charge on any atom is 0.320 e. The molecule has 0 unspecified atom stereocenters. The van der Waals surface area contributed by atoms with Gasteiger partial charge in [-0.25, -0.2) is 9.78 Å². The molecule has 0 fully saturated rings. The number of carbonyl (C=O) groups is 2. The van der Waals surface area contributed by atoms with E-state index in [2.05, 4.69) is 16.0 Å². The van der Waals surface area contributed by atoms with Crippen LogP contribution in [0.5, 0.6) is 0 Å². The van der Waals surface area contributed by atoms with Crippen molar-refractivity contribution in [1.82, 2.24) is 15.6 Å². The number of thiazole rings is 1. The van der Waals surface area contributed by atoms with Crippen molar-refractivity contribution in [3.05, 3.63) is 95.0 Å². The Kier molecular flexibility index (Phi) is 5.17. The summed E-state index contributed by atoms with van der Waals surface area (Å²) in [6.07, 6.45) is 0. The van der Waals surface area contributed by atoms with E-state index in [1.54, 1.807) is 11.3 Å². The van der Waals surface area contributed by atoms with E-state index < -0.39 is 6.04 Å². The van der Waals surface area contributed by atoms with Gasteiger partial charge in [0.2, 0.25) is 5.91 Å². The molecule has 6 nitrogen and oxygen atoms in total. The molecule has 1 aliphatic rings. The smallest absolute Gasteiger partial charge is 0.320 e. The molecule has 5 rings (SSSR count). The zero-order chi connectivity index (χ0) is 22.1. The van der Waals surface area contributed by atoms with Gasteiger partial charge < -0.3 is 16.0 Å². The lowest BCUT2D eigenvalue weighted by Gasteiger charge is -2.30. The SMILES string of the molecule is CC(=O)Nc1ccc([C@H]2NC(=O)NC(c3ccccc3)=C2c2nc3ccccc3s2)cc1. The Balaban J connectivity index is 1.68. The molecule has 0 aliphatic carbocycles. The second-order valence-corrected chi connectivity index (χ2v) is 8.51. The fraction of sp³-hybridized carbons (Fsp3) is 0.0800. The highest BCUT2D eigenvalue weighted by atomic mass is 32.1. The van der Waals surface area contributed by atoms with Gasteiger partial charge in [0.15, 0.2) is 0 Å². The molecular formula is C25H20N4O2S. The van der Waals surface area contributed by atoms with Gasteiger partial charge in [-0.15, -0.1) is 11.3 Å². The lowest BCUT2D eigenvalue weighted by Crippen LogP contribution is -2.42. The van der Waals surface area contributed by atoms with E-state index >= 15 is 0 Å². The van der Waals surface area contributed by atoms with Crippen LogP contribution in [0.25, 0.3) is 21.5 Å². The fourth-order valence-electron chi connectivity index (χ4n) is 3.83. The lowest BCUT2D eigenvalue weighted by molar-refractivity contribution is -0.114. The molecule has 3 N–H and O–H groups in total. The summed E-state index contributed by atoms with van der Waals surface area (Å²) in [6.45, 7) is 1.47. The number of benzene rings is 3. The fourth-order valence-corrected chi connectivity index (χ4v) is 4.87. The van der Waals surface area contributed by atoms with Crippen LogP contribution in [0, 0.1) is 0 Å². The maximum absolute atomic E-state index is 12.7. The summed E-state index contributed by atoms with van der Waals surface area (Å²) in [5, 5.41) is 9.68. The molecule has 3 aromatic carbocycles. The Hall–Kier alpha value is -3.97. The first-order valence-corrected chi connectivity index (χ1v) is 11.0. The predicted octanol–water partition coefficient (Wildman–Crippen LogP) is 5.18. The number of para-hydroxylation sites is 1. The third-order valence-electron chi connectivity index (χ3n) is 5.22. The monoisotopic (exact) mass is 440 g/mol. The number of hydrogen-bond acceptors (Lipinski definition) is 4. The van der Waals surface area contributed by atoms with E-state index in [0.29, 0.717) is 5.69 Å². The van der Waals surface area contributed by atoms with Crippen molar-refractivity contribution < 1.29 is 9.59 Å². The molecule has 7 heteroatoms. The van der Waals surface area contributed by atoms with Gasteiger partial charge in [0, 0.05) is 18.2 Å². The first-order chi connectivity index (χ1) is 15.6. The number of rotatable bonds is 4. The number of fused-ring (bicyclic) bond motifs is 1. The minimum Gasteiger partial charge on any atom is -0.327 e. The van der Waals surface area contributed by atoms with Gasteiger partial charge in [-0.1, -0.05) is 54.6 Å². The Labute approximate surface area is 189 Å². The van der Waals surface area contributed by atoms with Crippen molar-refractivity contribution >= 4 is 50.4 Å². The van der Waals surface area contributed by atoms with Gasteiger partial charge in [-0.3, -0.25) is 4.79 Å². The van der Waals surface area contributed by atoms with Crippen LogP contribution >= 0.6 is 11.3 Å². The van der Waals surface area contributed by atoms with Gasteiger partial charge in [0.1, 0.15) is 5.01 Å². The van der Waals surface area contributed by atoms with E-state index in [4.69, 9.17) is 4.98 Å². The molecule has 0 saturated heterocycles. The van der Waals surface area contributed by atoms with Crippen LogP contribution in [0.1, 0.15) is 29.1 Å². The quantitative estimate of drug-likeness (QED) is 0.409. The molecule has 32 heavy (non-hydrogen) atoms. The maximum atomic E-state index is 12.7. The second kappa shape index (κ2) is 8.28. The van der Waals surface area contributed by atoms with Crippen LogP contribution < -0.4 is 16.0 Å². The minimum absolute atomic E-state index is 0.130. The van der Waals surface area contributed by atoms with Crippen molar-refractivity contribution in [2.75, 3.05) is 5.32 Å². The van der Waals surface area contributed by atoms with Gasteiger partial charge in [0.05, 0.1) is 22.0 Å². The Morgan fingerprint density at radius 3 is 2.41 bits per heavy atom. The molecule has 0 spiro atoms. The van der Waals surface area contributed by atoms with Crippen molar-refractivity contribution in [3.8, 4) is 0 Å². The number of aromatic nitrogens is 1. The van der Waals surface area contributed by atoms with Crippen LogP contribution in [0.4, 0.5) is 10.5 Å². The van der Waals surface area contributed by atoms with Gasteiger partial charge in [0.25, 0.3) is 0 Å². The van der Waals surface area contributed by atoms with Crippen molar-refractivity contribution in [1.29, 1.82) is 0 Å². The number of urea groups is 1. The topological polar surface area (TPSA) is 83.1 Å². The zero-order valence-corrected chi connectivity index (χ0v) is 18.1. The minimum atomic E-state index is -0.397. The molecule has 1 aliphatic heterocycles. The van der Waals surface area contributed by atoms with Crippen LogP contribution in [0.2, 0.25) is 0 Å². The Morgan fingerprint density at radius 1 is 0.969 bits per heavy atom. The third kappa shape index (κ3) is 3.86. The van der Waals surface area contributed by atoms with Crippen LogP contribution in [-0.4, -0.2) is 16.9 Å². The average molecular weight is 441 g/mol. The van der Waals surface area contributed by atoms with Crippen molar-refractivity contribution in [2.45, 2.75) is 13.0 Å². The first kappa shape index (κ1) is 20.0. The average Bonchev–Trinajstić information content (AvgIpc) is 3.23. The van der Waals surface area contributed by atoms with Gasteiger partial charge >= 0.3 is 6.03 Å². The first-order valence-electron chi connectivity index (χ1n) is 10.2. The van der Waals surface area contributed by atoms with Crippen LogP contribution in [-0.2, 0) is 4.79 Å². The molecule has 4 aromatic rings. The Bertz CT molecular complexity index is 1310. The highest BCUT2D eigenvalue weighted by molar-refractivity contribution is 7.19. The Morgan fingerprint density at radius 2 is 1.69 bits per heavy atom. The number of anilines is 1. The second-order valence-electron chi connectivity index (χ2n) is 7.48.